The number of aliphatic hydroxyl groups is 1. The van der Waals surface area contributed by atoms with Gasteiger partial charge < -0.3 is 15.7 Å². The maximum absolute atomic E-state index is 13.9. The average molecular weight is 465 g/mol. The van der Waals surface area contributed by atoms with Crippen molar-refractivity contribution < 1.29 is 14.7 Å². The zero-order chi connectivity index (χ0) is 24.3. The number of aromatic nitrogens is 1. The molecule has 1 aromatic carbocycles. The maximum Gasteiger partial charge on any atom is 0.248 e. The Morgan fingerprint density at radius 3 is 2.41 bits per heavy atom. The van der Waals surface area contributed by atoms with Crippen LogP contribution in [0.3, 0.4) is 0 Å². The number of benzene rings is 1. The van der Waals surface area contributed by atoms with E-state index in [1.54, 1.807) is 23.4 Å². The van der Waals surface area contributed by atoms with Gasteiger partial charge in [0.1, 0.15) is 6.04 Å². The number of carbonyl (C=O) groups is 2. The Bertz CT molecular complexity index is 981. The minimum atomic E-state index is -0.859. The summed E-state index contributed by atoms with van der Waals surface area (Å²) in [5.41, 5.74) is 2.42. The third-order valence-corrected chi connectivity index (χ3v) is 6.86. The molecular weight excluding hydrogens is 428 g/mol. The van der Waals surface area contributed by atoms with Crippen molar-refractivity contribution in [3.05, 3.63) is 59.9 Å². The molecule has 1 saturated heterocycles. The van der Waals surface area contributed by atoms with Crippen molar-refractivity contribution in [3.63, 3.8) is 0 Å². The van der Waals surface area contributed by atoms with E-state index in [9.17, 15) is 14.7 Å². The zero-order valence-electron chi connectivity index (χ0n) is 20.3. The molecule has 2 aliphatic rings. The summed E-state index contributed by atoms with van der Waals surface area (Å²) in [7, 11) is 0. The van der Waals surface area contributed by atoms with Gasteiger partial charge in [-0.15, -0.1) is 0 Å². The highest BCUT2D eigenvalue weighted by Crippen LogP contribution is 2.32. The van der Waals surface area contributed by atoms with Crippen LogP contribution in [0.1, 0.15) is 70.0 Å². The normalized spacial score (nSPS) is 21.9. The van der Waals surface area contributed by atoms with E-state index in [-0.39, 0.29) is 23.3 Å². The van der Waals surface area contributed by atoms with Gasteiger partial charge in [-0.1, -0.05) is 51.8 Å². The molecule has 1 saturated carbocycles. The molecule has 0 radical (unpaired) electrons. The summed E-state index contributed by atoms with van der Waals surface area (Å²) in [4.78, 5) is 33.4. The van der Waals surface area contributed by atoms with Gasteiger partial charge in [0, 0.05) is 36.2 Å². The molecule has 2 amide bonds. The van der Waals surface area contributed by atoms with Crippen molar-refractivity contribution in [2.75, 3.05) is 11.4 Å². The fraction of sp³-hybridized carbons (Fsp3) is 0.519. The van der Waals surface area contributed by atoms with Crippen molar-refractivity contribution in [3.8, 4) is 0 Å². The van der Waals surface area contributed by atoms with E-state index >= 15 is 0 Å². The first-order valence-corrected chi connectivity index (χ1v) is 12.3. The molecule has 7 nitrogen and oxygen atoms in total. The molecule has 0 spiro atoms. The molecule has 3 atom stereocenters. The van der Waals surface area contributed by atoms with Gasteiger partial charge in [0.15, 0.2) is 0 Å². The van der Waals surface area contributed by atoms with E-state index in [0.29, 0.717) is 24.2 Å². The average Bonchev–Trinajstić information content (AvgIpc) is 3.48. The van der Waals surface area contributed by atoms with Crippen LogP contribution in [0.15, 0.2) is 48.8 Å². The fourth-order valence-corrected chi connectivity index (χ4v) is 4.90. The molecule has 4 rings (SSSR count). The first kappa shape index (κ1) is 24.4. The molecule has 1 aliphatic heterocycles. The Kier molecular flexibility index (Phi) is 7.33. The van der Waals surface area contributed by atoms with E-state index in [1.807, 2.05) is 30.3 Å². The number of β-amino-alcohol motifs (C(OH)–C–C–N with tert-alkyl or cyclic N) is 1. The van der Waals surface area contributed by atoms with Crippen LogP contribution in [0.2, 0.25) is 0 Å². The summed E-state index contributed by atoms with van der Waals surface area (Å²) in [6.07, 6.45) is 7.16. The second-order valence-electron chi connectivity index (χ2n) is 10.5. The van der Waals surface area contributed by atoms with E-state index in [2.05, 4.69) is 36.4 Å². The van der Waals surface area contributed by atoms with Crippen LogP contribution in [-0.4, -0.2) is 46.6 Å². The number of hydrogen-bond donors (Lipinski definition) is 3. The van der Waals surface area contributed by atoms with Crippen LogP contribution < -0.4 is 15.5 Å². The van der Waals surface area contributed by atoms with Crippen LogP contribution in [0, 0.1) is 0 Å². The van der Waals surface area contributed by atoms with Crippen LogP contribution >= 0.6 is 0 Å². The third-order valence-electron chi connectivity index (χ3n) is 6.86. The molecule has 2 heterocycles. The lowest BCUT2D eigenvalue weighted by atomic mass is 9.87. The number of hydrogen-bond acceptors (Lipinski definition) is 5. The van der Waals surface area contributed by atoms with E-state index in [0.717, 1.165) is 31.2 Å². The lowest BCUT2D eigenvalue weighted by Crippen LogP contribution is -2.51. The molecule has 1 aromatic heterocycles. The van der Waals surface area contributed by atoms with Gasteiger partial charge in [0.05, 0.1) is 12.1 Å². The quantitative estimate of drug-likeness (QED) is 0.610. The fourth-order valence-electron chi connectivity index (χ4n) is 4.90. The Hall–Kier alpha value is -2.77. The van der Waals surface area contributed by atoms with Crippen molar-refractivity contribution in [2.24, 2.45) is 0 Å². The van der Waals surface area contributed by atoms with E-state index in [1.165, 1.54) is 0 Å². The third kappa shape index (κ3) is 5.47. The van der Waals surface area contributed by atoms with E-state index < -0.39 is 18.2 Å². The summed E-state index contributed by atoms with van der Waals surface area (Å²) in [6, 6.07) is 10.2. The van der Waals surface area contributed by atoms with Gasteiger partial charge in [-0.05, 0) is 48.4 Å². The lowest BCUT2D eigenvalue weighted by Gasteiger charge is -2.34. The van der Waals surface area contributed by atoms with Gasteiger partial charge >= 0.3 is 0 Å². The molecule has 2 aromatic rings. The zero-order valence-corrected chi connectivity index (χ0v) is 20.3. The summed E-state index contributed by atoms with van der Waals surface area (Å²) >= 11 is 0. The molecule has 0 bridgehead atoms. The highest BCUT2D eigenvalue weighted by Gasteiger charge is 2.39. The number of nitrogens with zero attached hydrogens (tertiary/aromatic N) is 2. The Morgan fingerprint density at radius 2 is 1.85 bits per heavy atom. The predicted molar refractivity (Wildman–Crippen MR) is 132 cm³/mol. The first-order valence-electron chi connectivity index (χ1n) is 12.3. The van der Waals surface area contributed by atoms with Crippen molar-refractivity contribution in [1.29, 1.82) is 0 Å². The van der Waals surface area contributed by atoms with Crippen LogP contribution in [0.5, 0.6) is 0 Å². The van der Waals surface area contributed by atoms with Crippen LogP contribution in [0.4, 0.5) is 5.69 Å². The second-order valence-corrected chi connectivity index (χ2v) is 10.5. The van der Waals surface area contributed by atoms with Crippen molar-refractivity contribution >= 4 is 17.5 Å². The smallest absolute Gasteiger partial charge is 0.248 e. The van der Waals surface area contributed by atoms with Crippen molar-refractivity contribution in [1.82, 2.24) is 15.6 Å². The Morgan fingerprint density at radius 1 is 1.15 bits per heavy atom. The number of carbonyl (C=O) groups excluding carboxylic acids is 2. The monoisotopic (exact) mass is 464 g/mol. The molecule has 182 valence electrons. The molecular formula is C27H36N4O3. The Labute approximate surface area is 202 Å². The standard InChI is InChI=1S/C27H36N4O3/c1-27(2,3)19-10-12-21(13-11-19)31(26(34)23-15-22(32)17-29-23)24(18-7-6-14-28-16-18)25(33)30-20-8-4-5-9-20/h6-7,10-14,16,20,22-24,29,32H,4-5,8-9,15,17H2,1-3H3,(H,30,33)/t22-,23-,24?/m1/s1. The number of amides is 2. The van der Waals surface area contributed by atoms with Gasteiger partial charge in [-0.3, -0.25) is 19.5 Å². The van der Waals surface area contributed by atoms with Crippen LogP contribution in [0.25, 0.3) is 0 Å². The second kappa shape index (κ2) is 10.2. The van der Waals surface area contributed by atoms with Gasteiger partial charge in [0.2, 0.25) is 11.8 Å². The summed E-state index contributed by atoms with van der Waals surface area (Å²) < 4.78 is 0. The number of rotatable bonds is 6. The summed E-state index contributed by atoms with van der Waals surface area (Å²) in [5.74, 6) is -0.429. The Balaban J connectivity index is 1.75. The summed E-state index contributed by atoms with van der Waals surface area (Å²) in [6.45, 7) is 6.78. The van der Waals surface area contributed by atoms with E-state index in [4.69, 9.17) is 0 Å². The van der Waals surface area contributed by atoms with Gasteiger partial charge in [0.25, 0.3) is 0 Å². The van der Waals surface area contributed by atoms with Gasteiger partial charge in [-0.25, -0.2) is 0 Å². The largest absolute Gasteiger partial charge is 0.392 e. The molecule has 7 heteroatoms. The number of nitrogens with one attached hydrogen (secondary N) is 2. The number of pyridine rings is 1. The van der Waals surface area contributed by atoms with Crippen LogP contribution in [-0.2, 0) is 15.0 Å². The molecule has 3 N–H and O–H groups in total. The number of aliphatic hydroxyl groups excluding tert-OH is 1. The topological polar surface area (TPSA) is 94.6 Å². The summed E-state index contributed by atoms with van der Waals surface area (Å²) in [5, 5.41) is 16.4. The predicted octanol–water partition coefficient (Wildman–Crippen LogP) is 3.24. The molecule has 1 aliphatic carbocycles. The molecule has 34 heavy (non-hydrogen) atoms. The first-order chi connectivity index (χ1) is 16.2. The lowest BCUT2D eigenvalue weighted by molar-refractivity contribution is -0.127. The molecule has 2 fully saturated rings. The minimum Gasteiger partial charge on any atom is -0.392 e. The molecule has 1 unspecified atom stereocenters. The minimum absolute atomic E-state index is 0.0346. The maximum atomic E-state index is 13.9. The van der Waals surface area contributed by atoms with Gasteiger partial charge in [-0.2, -0.15) is 0 Å². The SMILES string of the molecule is CC(C)(C)c1ccc(N(C(=O)[C@H]2C[C@@H](O)CN2)C(C(=O)NC2CCCC2)c2cccnc2)cc1. The highest BCUT2D eigenvalue weighted by molar-refractivity contribution is 6.04. The number of anilines is 1. The highest BCUT2D eigenvalue weighted by atomic mass is 16.3. The van der Waals surface area contributed by atoms with Crippen molar-refractivity contribution in [2.45, 2.75) is 82.5 Å².